The van der Waals surface area contributed by atoms with Crippen LogP contribution in [0.3, 0.4) is 0 Å². The van der Waals surface area contributed by atoms with Crippen LogP contribution >= 0.6 is 12.2 Å². The number of terminal acetylenes is 1. The molecular formula is C22H22FNO4S. The van der Waals surface area contributed by atoms with Gasteiger partial charge >= 0.3 is 5.97 Å². The van der Waals surface area contributed by atoms with Crippen molar-refractivity contribution in [2.24, 2.45) is 0 Å². The van der Waals surface area contributed by atoms with E-state index in [9.17, 15) is 9.18 Å². The fraction of sp³-hybridized carbons (Fsp3) is 0.273. The van der Waals surface area contributed by atoms with Crippen LogP contribution in [-0.4, -0.2) is 31.2 Å². The Bertz CT molecular complexity index is 893. The van der Waals surface area contributed by atoms with Gasteiger partial charge in [-0.1, -0.05) is 36.3 Å². The van der Waals surface area contributed by atoms with Gasteiger partial charge in [-0.15, -0.1) is 6.42 Å². The highest BCUT2D eigenvalue weighted by Gasteiger charge is 2.20. The first-order valence-corrected chi connectivity index (χ1v) is 9.29. The van der Waals surface area contributed by atoms with Crippen molar-refractivity contribution in [3.8, 4) is 23.8 Å². The van der Waals surface area contributed by atoms with E-state index in [4.69, 9.17) is 32.9 Å². The molecule has 0 heterocycles. The van der Waals surface area contributed by atoms with Gasteiger partial charge in [0.25, 0.3) is 0 Å². The number of hydrogen-bond acceptors (Lipinski definition) is 5. The summed E-state index contributed by atoms with van der Waals surface area (Å²) >= 11 is 5.40. The van der Waals surface area contributed by atoms with E-state index in [1.807, 2.05) is 12.1 Å². The number of nitrogens with one attached hydrogen (secondary N) is 1. The maximum atomic E-state index is 13.2. The molecule has 2 rings (SSSR count). The zero-order chi connectivity index (χ0) is 21.2. The fourth-order valence-electron chi connectivity index (χ4n) is 2.61. The van der Waals surface area contributed by atoms with Crippen molar-refractivity contribution in [1.29, 1.82) is 0 Å². The summed E-state index contributed by atoms with van der Waals surface area (Å²) in [6.07, 6.45) is 5.07. The third-order valence-electron chi connectivity index (χ3n) is 3.95. The number of benzene rings is 2. The average Bonchev–Trinajstić information content (AvgIpc) is 2.71. The van der Waals surface area contributed by atoms with E-state index >= 15 is 0 Å². The number of esters is 1. The molecule has 5 nitrogen and oxygen atoms in total. The van der Waals surface area contributed by atoms with Crippen LogP contribution in [0.1, 0.15) is 24.2 Å². The molecule has 0 aromatic heterocycles. The van der Waals surface area contributed by atoms with E-state index in [-0.39, 0.29) is 12.4 Å². The standard InChI is InChI=1S/C22H22FNO4S/c1-4-13-27-19-10-5-16(14-20(19)26-3)11-12-24-22(29)21(28-15(2)25)17-6-8-18(23)9-7-17/h1,5-10,14,21H,11-13H2,2-3H3,(H,24,29). The molecule has 0 aliphatic carbocycles. The highest BCUT2D eigenvalue weighted by molar-refractivity contribution is 7.80. The molecular weight excluding hydrogens is 393 g/mol. The van der Waals surface area contributed by atoms with E-state index in [1.54, 1.807) is 13.2 Å². The van der Waals surface area contributed by atoms with Gasteiger partial charge in [-0.05, 0) is 41.8 Å². The minimum atomic E-state index is -0.780. The SMILES string of the molecule is C#CCOc1ccc(CCNC(=S)C(OC(C)=O)c2ccc(F)cc2)cc1OC. The van der Waals surface area contributed by atoms with Gasteiger partial charge in [-0.2, -0.15) is 0 Å². The van der Waals surface area contributed by atoms with Gasteiger partial charge < -0.3 is 19.5 Å². The molecule has 0 spiro atoms. The van der Waals surface area contributed by atoms with Crippen LogP contribution in [0.4, 0.5) is 4.39 Å². The van der Waals surface area contributed by atoms with Gasteiger partial charge in [0, 0.05) is 13.5 Å². The molecule has 0 fully saturated rings. The second kappa shape index (κ2) is 11.0. The smallest absolute Gasteiger partial charge is 0.303 e. The van der Waals surface area contributed by atoms with Gasteiger partial charge in [-0.3, -0.25) is 4.79 Å². The number of halogens is 1. The normalized spacial score (nSPS) is 11.1. The van der Waals surface area contributed by atoms with Crippen LogP contribution in [0.15, 0.2) is 42.5 Å². The molecule has 0 radical (unpaired) electrons. The van der Waals surface area contributed by atoms with E-state index in [1.165, 1.54) is 31.2 Å². The van der Waals surface area contributed by atoms with E-state index in [0.717, 1.165) is 5.56 Å². The van der Waals surface area contributed by atoms with Gasteiger partial charge in [-0.25, -0.2) is 4.39 Å². The Labute approximate surface area is 175 Å². The van der Waals surface area contributed by atoms with Crippen LogP contribution < -0.4 is 14.8 Å². The largest absolute Gasteiger partial charge is 0.493 e. The maximum absolute atomic E-state index is 13.2. The quantitative estimate of drug-likeness (QED) is 0.384. The first-order chi connectivity index (χ1) is 13.9. The summed E-state index contributed by atoms with van der Waals surface area (Å²) < 4.78 is 29.3. The first-order valence-electron chi connectivity index (χ1n) is 8.88. The molecule has 0 saturated heterocycles. The van der Waals surface area contributed by atoms with Crippen molar-refractivity contribution >= 4 is 23.2 Å². The molecule has 0 saturated carbocycles. The third kappa shape index (κ3) is 6.77. The second-order valence-electron chi connectivity index (χ2n) is 6.06. The summed E-state index contributed by atoms with van der Waals surface area (Å²) in [4.78, 5) is 11.8. The Morgan fingerprint density at radius 2 is 1.97 bits per heavy atom. The Morgan fingerprint density at radius 3 is 2.59 bits per heavy atom. The predicted molar refractivity (Wildman–Crippen MR) is 113 cm³/mol. The van der Waals surface area contributed by atoms with Gasteiger partial charge in [0.15, 0.2) is 17.6 Å². The Balaban J connectivity index is 2.00. The summed E-state index contributed by atoms with van der Waals surface area (Å²) in [5, 5.41) is 3.10. The topological polar surface area (TPSA) is 56.8 Å². The van der Waals surface area contributed by atoms with Crippen molar-refractivity contribution in [3.63, 3.8) is 0 Å². The summed E-state index contributed by atoms with van der Waals surface area (Å²) in [5.74, 6) is 2.72. The number of thiocarbonyl (C=S) groups is 1. The van der Waals surface area contributed by atoms with Crippen LogP contribution in [0, 0.1) is 18.2 Å². The highest BCUT2D eigenvalue weighted by atomic mass is 32.1. The molecule has 1 atom stereocenters. The second-order valence-corrected chi connectivity index (χ2v) is 6.50. The zero-order valence-electron chi connectivity index (χ0n) is 16.2. The van der Waals surface area contributed by atoms with E-state index < -0.39 is 12.1 Å². The molecule has 0 amide bonds. The predicted octanol–water partition coefficient (Wildman–Crippen LogP) is 3.61. The number of rotatable bonds is 9. The van der Waals surface area contributed by atoms with Gasteiger partial charge in [0.1, 0.15) is 17.4 Å². The lowest BCUT2D eigenvalue weighted by molar-refractivity contribution is -0.143. The Kier molecular flexibility index (Phi) is 8.44. The van der Waals surface area contributed by atoms with Crippen molar-refractivity contribution < 1.29 is 23.4 Å². The number of carbonyl (C=O) groups excluding carboxylic acids is 1. The van der Waals surface area contributed by atoms with Crippen molar-refractivity contribution in [1.82, 2.24) is 5.32 Å². The minimum absolute atomic E-state index is 0.159. The lowest BCUT2D eigenvalue weighted by Gasteiger charge is -2.20. The monoisotopic (exact) mass is 415 g/mol. The number of hydrogen-bond donors (Lipinski definition) is 1. The Hall–Kier alpha value is -3.11. The summed E-state index contributed by atoms with van der Waals surface area (Å²) in [6.45, 7) is 1.97. The molecule has 1 unspecified atom stereocenters. The lowest BCUT2D eigenvalue weighted by Crippen LogP contribution is -2.31. The first kappa shape index (κ1) is 22.2. The molecule has 152 valence electrons. The third-order valence-corrected chi connectivity index (χ3v) is 4.31. The zero-order valence-corrected chi connectivity index (χ0v) is 17.1. The summed E-state index contributed by atoms with van der Waals surface area (Å²) in [5.41, 5.74) is 1.59. The van der Waals surface area contributed by atoms with Gasteiger partial charge in [0.2, 0.25) is 0 Å². The molecule has 0 bridgehead atoms. The molecule has 2 aromatic carbocycles. The maximum Gasteiger partial charge on any atom is 0.303 e. The molecule has 0 aliphatic heterocycles. The Morgan fingerprint density at radius 1 is 1.24 bits per heavy atom. The van der Waals surface area contributed by atoms with Crippen molar-refractivity contribution in [3.05, 3.63) is 59.4 Å². The molecule has 0 aliphatic rings. The fourth-order valence-corrected chi connectivity index (χ4v) is 2.89. The van der Waals surface area contributed by atoms with Crippen molar-refractivity contribution in [2.45, 2.75) is 19.4 Å². The highest BCUT2D eigenvalue weighted by Crippen LogP contribution is 2.28. The van der Waals surface area contributed by atoms with Gasteiger partial charge in [0.05, 0.1) is 7.11 Å². The van der Waals surface area contributed by atoms with E-state index in [2.05, 4.69) is 11.2 Å². The van der Waals surface area contributed by atoms with Crippen molar-refractivity contribution in [2.75, 3.05) is 20.3 Å². The van der Waals surface area contributed by atoms with Crippen LogP contribution in [0.2, 0.25) is 0 Å². The summed E-state index contributed by atoms with van der Waals surface area (Å²) in [7, 11) is 1.56. The van der Waals surface area contributed by atoms with Crippen LogP contribution in [0.5, 0.6) is 11.5 Å². The molecule has 1 N–H and O–H groups in total. The minimum Gasteiger partial charge on any atom is -0.493 e. The number of ether oxygens (including phenoxy) is 3. The van der Waals surface area contributed by atoms with Crippen LogP contribution in [-0.2, 0) is 16.0 Å². The lowest BCUT2D eigenvalue weighted by atomic mass is 10.1. The molecule has 2 aromatic rings. The molecule has 7 heteroatoms. The number of carbonyl (C=O) groups is 1. The van der Waals surface area contributed by atoms with Crippen LogP contribution in [0.25, 0.3) is 0 Å². The average molecular weight is 415 g/mol. The van der Waals surface area contributed by atoms with E-state index in [0.29, 0.717) is 35.0 Å². The molecule has 29 heavy (non-hydrogen) atoms. The number of methoxy groups -OCH3 is 1. The summed E-state index contributed by atoms with van der Waals surface area (Å²) in [6, 6.07) is 11.2.